The Labute approximate surface area is 111 Å². The van der Waals surface area contributed by atoms with Gasteiger partial charge in [0.05, 0.1) is 0 Å². The number of nitrogens with one attached hydrogen (secondary N) is 2. The van der Waals surface area contributed by atoms with Gasteiger partial charge in [0.2, 0.25) is 0 Å². The molecule has 0 fully saturated rings. The van der Waals surface area contributed by atoms with Crippen LogP contribution in [0.4, 0.5) is 11.4 Å². The van der Waals surface area contributed by atoms with Gasteiger partial charge in [0, 0.05) is 11.4 Å². The molecule has 0 unspecified atom stereocenters. The molecule has 19 heavy (non-hydrogen) atoms. The van der Waals surface area contributed by atoms with E-state index in [1.165, 1.54) is 0 Å². The van der Waals surface area contributed by atoms with Gasteiger partial charge in [0.25, 0.3) is 0 Å². The van der Waals surface area contributed by atoms with Gasteiger partial charge in [-0.3, -0.25) is 9.59 Å². The Morgan fingerprint density at radius 1 is 0.789 bits per heavy atom. The Morgan fingerprint density at radius 2 is 1.37 bits per heavy atom. The number of anilines is 2. The van der Waals surface area contributed by atoms with Crippen molar-refractivity contribution in [3.05, 3.63) is 60.2 Å². The van der Waals surface area contributed by atoms with Gasteiger partial charge >= 0.3 is 11.8 Å². The van der Waals surface area contributed by atoms with Crippen LogP contribution in [0, 0.1) is 6.92 Å². The van der Waals surface area contributed by atoms with E-state index in [0.717, 1.165) is 5.56 Å². The maximum Gasteiger partial charge on any atom is 0.314 e. The summed E-state index contributed by atoms with van der Waals surface area (Å²) in [6.07, 6.45) is 0. The molecule has 96 valence electrons. The number of aryl methyl sites for hydroxylation is 1. The highest BCUT2D eigenvalue weighted by atomic mass is 16.2. The number of hydrogen-bond acceptors (Lipinski definition) is 2. The summed E-state index contributed by atoms with van der Waals surface area (Å²) in [6, 6.07) is 16.1. The number of rotatable bonds is 2. The predicted molar refractivity (Wildman–Crippen MR) is 74.9 cm³/mol. The lowest BCUT2D eigenvalue weighted by Gasteiger charge is -2.08. The van der Waals surface area contributed by atoms with Crippen molar-refractivity contribution in [3.8, 4) is 0 Å². The fourth-order valence-electron chi connectivity index (χ4n) is 1.60. The first-order valence-electron chi connectivity index (χ1n) is 5.90. The maximum atomic E-state index is 11.7. The van der Waals surface area contributed by atoms with Gasteiger partial charge in [-0.1, -0.05) is 36.4 Å². The van der Waals surface area contributed by atoms with Crippen molar-refractivity contribution in [2.45, 2.75) is 6.92 Å². The summed E-state index contributed by atoms with van der Waals surface area (Å²) < 4.78 is 0. The van der Waals surface area contributed by atoms with Gasteiger partial charge in [-0.25, -0.2) is 0 Å². The second-order valence-electron chi connectivity index (χ2n) is 4.09. The minimum absolute atomic E-state index is 0.590. The van der Waals surface area contributed by atoms with E-state index in [2.05, 4.69) is 10.6 Å². The van der Waals surface area contributed by atoms with E-state index >= 15 is 0 Å². The molecule has 0 aromatic heterocycles. The molecule has 2 aromatic rings. The molecule has 0 aliphatic heterocycles. The van der Waals surface area contributed by atoms with Crippen LogP contribution in [0.3, 0.4) is 0 Å². The van der Waals surface area contributed by atoms with Gasteiger partial charge in [0.15, 0.2) is 0 Å². The first kappa shape index (κ1) is 12.8. The molecule has 2 N–H and O–H groups in total. The Balaban J connectivity index is 2.01. The highest BCUT2D eigenvalue weighted by Crippen LogP contribution is 2.13. The minimum atomic E-state index is -0.686. The van der Waals surface area contributed by atoms with E-state index in [9.17, 15) is 9.59 Å². The van der Waals surface area contributed by atoms with E-state index in [1.807, 2.05) is 25.1 Å². The monoisotopic (exact) mass is 254 g/mol. The first-order valence-corrected chi connectivity index (χ1v) is 5.90. The molecule has 0 saturated heterocycles. The van der Waals surface area contributed by atoms with Crippen molar-refractivity contribution < 1.29 is 9.59 Å². The summed E-state index contributed by atoms with van der Waals surface area (Å²) in [5, 5.41) is 5.11. The second-order valence-corrected chi connectivity index (χ2v) is 4.09. The van der Waals surface area contributed by atoms with Gasteiger partial charge in [-0.2, -0.15) is 0 Å². The van der Waals surface area contributed by atoms with E-state index in [1.54, 1.807) is 36.4 Å². The maximum absolute atomic E-state index is 11.7. The standard InChI is InChI=1S/C15H14N2O2/c1-11-7-5-6-10-13(11)17-15(19)14(18)16-12-8-3-2-4-9-12/h2-10H,1H3,(H,16,18)(H,17,19). The van der Waals surface area contributed by atoms with Crippen molar-refractivity contribution in [2.24, 2.45) is 0 Å². The van der Waals surface area contributed by atoms with E-state index in [4.69, 9.17) is 0 Å². The molecule has 0 aliphatic rings. The number of benzene rings is 2. The normalized spacial score (nSPS) is 9.74. The zero-order chi connectivity index (χ0) is 13.7. The third kappa shape index (κ3) is 3.42. The van der Waals surface area contributed by atoms with Gasteiger partial charge in [0.1, 0.15) is 0 Å². The van der Waals surface area contributed by atoms with Crippen molar-refractivity contribution >= 4 is 23.2 Å². The Bertz CT molecular complexity index is 594. The van der Waals surface area contributed by atoms with E-state index in [0.29, 0.717) is 11.4 Å². The molecule has 4 nitrogen and oxygen atoms in total. The molecule has 4 heteroatoms. The van der Waals surface area contributed by atoms with Crippen LogP contribution in [-0.2, 0) is 9.59 Å². The molecular formula is C15H14N2O2. The lowest BCUT2D eigenvalue weighted by Crippen LogP contribution is -2.29. The van der Waals surface area contributed by atoms with Crippen molar-refractivity contribution in [2.75, 3.05) is 10.6 Å². The van der Waals surface area contributed by atoms with Crippen LogP contribution >= 0.6 is 0 Å². The number of carbonyl (C=O) groups excluding carboxylic acids is 2. The summed E-state index contributed by atoms with van der Waals surface area (Å²) >= 11 is 0. The molecular weight excluding hydrogens is 240 g/mol. The fraction of sp³-hybridized carbons (Fsp3) is 0.0667. The minimum Gasteiger partial charge on any atom is -0.318 e. The second kappa shape index (κ2) is 5.82. The summed E-state index contributed by atoms with van der Waals surface area (Å²) in [4.78, 5) is 23.5. The lowest BCUT2D eigenvalue weighted by molar-refractivity contribution is -0.133. The van der Waals surface area contributed by atoms with E-state index < -0.39 is 11.8 Å². The topological polar surface area (TPSA) is 58.2 Å². The Hall–Kier alpha value is -2.62. The SMILES string of the molecule is Cc1ccccc1NC(=O)C(=O)Nc1ccccc1. The summed E-state index contributed by atoms with van der Waals surface area (Å²) in [7, 11) is 0. The number of carbonyl (C=O) groups is 2. The van der Waals surface area contributed by atoms with Crippen molar-refractivity contribution in [1.29, 1.82) is 0 Å². The van der Waals surface area contributed by atoms with Crippen molar-refractivity contribution in [3.63, 3.8) is 0 Å². The average Bonchev–Trinajstić information content (AvgIpc) is 2.42. The molecule has 2 amide bonds. The van der Waals surface area contributed by atoms with E-state index in [-0.39, 0.29) is 0 Å². The van der Waals surface area contributed by atoms with Crippen LogP contribution in [0.25, 0.3) is 0 Å². The van der Waals surface area contributed by atoms with Crippen molar-refractivity contribution in [1.82, 2.24) is 0 Å². The average molecular weight is 254 g/mol. The van der Waals surface area contributed by atoms with Crippen LogP contribution in [-0.4, -0.2) is 11.8 Å². The molecule has 0 heterocycles. The fourth-order valence-corrected chi connectivity index (χ4v) is 1.60. The Morgan fingerprint density at radius 3 is 2.05 bits per heavy atom. The lowest BCUT2D eigenvalue weighted by atomic mass is 10.2. The smallest absolute Gasteiger partial charge is 0.314 e. The van der Waals surface area contributed by atoms with Crippen LogP contribution in [0.15, 0.2) is 54.6 Å². The van der Waals surface area contributed by atoms with Gasteiger partial charge in [-0.15, -0.1) is 0 Å². The highest BCUT2D eigenvalue weighted by Gasteiger charge is 2.14. The zero-order valence-corrected chi connectivity index (χ0v) is 10.5. The Kier molecular flexibility index (Phi) is 3.93. The third-order valence-corrected chi connectivity index (χ3v) is 2.63. The van der Waals surface area contributed by atoms with Gasteiger partial charge in [-0.05, 0) is 30.7 Å². The molecule has 0 spiro atoms. The van der Waals surface area contributed by atoms with Gasteiger partial charge < -0.3 is 10.6 Å². The quantitative estimate of drug-likeness (QED) is 0.809. The zero-order valence-electron chi connectivity index (χ0n) is 10.5. The highest BCUT2D eigenvalue weighted by molar-refractivity contribution is 6.43. The summed E-state index contributed by atoms with van der Waals surface area (Å²) in [5.41, 5.74) is 2.13. The molecule has 2 rings (SSSR count). The number of amides is 2. The predicted octanol–water partition coefficient (Wildman–Crippen LogP) is 2.57. The molecule has 0 atom stereocenters. The molecule has 0 aliphatic carbocycles. The number of para-hydroxylation sites is 2. The third-order valence-electron chi connectivity index (χ3n) is 2.63. The number of hydrogen-bond donors (Lipinski definition) is 2. The largest absolute Gasteiger partial charge is 0.318 e. The first-order chi connectivity index (χ1) is 9.16. The van der Waals surface area contributed by atoms with Crippen LogP contribution in [0.2, 0.25) is 0 Å². The molecule has 2 aromatic carbocycles. The van der Waals surface area contributed by atoms with Crippen LogP contribution < -0.4 is 10.6 Å². The summed E-state index contributed by atoms with van der Waals surface area (Å²) in [6.45, 7) is 1.87. The van der Waals surface area contributed by atoms with Crippen LogP contribution in [0.1, 0.15) is 5.56 Å². The molecule has 0 radical (unpaired) electrons. The van der Waals surface area contributed by atoms with Crippen LogP contribution in [0.5, 0.6) is 0 Å². The molecule has 0 bridgehead atoms. The summed E-state index contributed by atoms with van der Waals surface area (Å²) in [5.74, 6) is -1.37. The molecule has 0 saturated carbocycles.